The van der Waals surface area contributed by atoms with Crippen molar-refractivity contribution in [2.24, 2.45) is 0 Å². The molecule has 0 aliphatic rings. The first-order valence-electron chi connectivity index (χ1n) is 9.29. The van der Waals surface area contributed by atoms with Crippen LogP contribution >= 0.6 is 0 Å². The highest BCUT2D eigenvalue weighted by molar-refractivity contribution is 6.02. The Labute approximate surface area is 167 Å². The van der Waals surface area contributed by atoms with Crippen LogP contribution in [0.5, 0.6) is 0 Å². The molecule has 0 saturated carbocycles. The summed E-state index contributed by atoms with van der Waals surface area (Å²) in [4.78, 5) is 28.3. The van der Waals surface area contributed by atoms with Crippen molar-refractivity contribution in [2.45, 2.75) is 6.92 Å². The predicted octanol–water partition coefficient (Wildman–Crippen LogP) is 4.07. The molecule has 0 spiro atoms. The molecular formula is C23H19N3O3. The molecule has 0 aliphatic carbocycles. The van der Waals surface area contributed by atoms with Crippen molar-refractivity contribution in [3.8, 4) is 28.2 Å². The first kappa shape index (κ1) is 18.4. The molecule has 0 fully saturated rings. The van der Waals surface area contributed by atoms with Gasteiger partial charge in [-0.15, -0.1) is 0 Å². The number of carbonyl (C=O) groups excluding carboxylic acids is 1. The van der Waals surface area contributed by atoms with Crippen LogP contribution in [0.4, 0.5) is 0 Å². The highest BCUT2D eigenvalue weighted by Crippen LogP contribution is 2.33. The van der Waals surface area contributed by atoms with Crippen LogP contribution in [-0.4, -0.2) is 27.3 Å². The van der Waals surface area contributed by atoms with Gasteiger partial charge < -0.3 is 9.72 Å². The van der Waals surface area contributed by atoms with Gasteiger partial charge >= 0.3 is 5.97 Å². The molecule has 1 N–H and O–H groups in total. The molecule has 2 aromatic heterocycles. The van der Waals surface area contributed by atoms with E-state index < -0.39 is 5.97 Å². The molecule has 2 heterocycles. The fraction of sp³-hybridized carbons (Fsp3) is 0.0870. The van der Waals surface area contributed by atoms with E-state index in [1.54, 1.807) is 29.9 Å². The number of hydrogen-bond acceptors (Lipinski definition) is 4. The number of benzene rings is 2. The Morgan fingerprint density at radius 2 is 1.69 bits per heavy atom. The Kier molecular flexibility index (Phi) is 5.07. The van der Waals surface area contributed by atoms with Crippen molar-refractivity contribution in [1.82, 2.24) is 14.8 Å². The zero-order valence-corrected chi connectivity index (χ0v) is 15.8. The monoisotopic (exact) mass is 385 g/mol. The van der Waals surface area contributed by atoms with Gasteiger partial charge in [-0.1, -0.05) is 48.5 Å². The maximum Gasteiger partial charge on any atom is 0.342 e. The van der Waals surface area contributed by atoms with Crippen LogP contribution in [0.3, 0.4) is 0 Å². The molecule has 4 rings (SSSR count). The molecule has 2 aromatic carbocycles. The summed E-state index contributed by atoms with van der Waals surface area (Å²) in [5, 5.41) is 4.73. The number of esters is 1. The number of aromatic nitrogens is 3. The molecule has 0 aliphatic heterocycles. The summed E-state index contributed by atoms with van der Waals surface area (Å²) in [6, 6.07) is 22.2. The van der Waals surface area contributed by atoms with Crippen LogP contribution in [0, 0.1) is 0 Å². The number of nitrogens with zero attached hydrogens (tertiary/aromatic N) is 2. The number of ether oxygens (including phenoxy) is 1. The van der Waals surface area contributed by atoms with Crippen molar-refractivity contribution >= 4 is 5.97 Å². The van der Waals surface area contributed by atoms with E-state index in [9.17, 15) is 9.59 Å². The van der Waals surface area contributed by atoms with E-state index >= 15 is 0 Å². The summed E-state index contributed by atoms with van der Waals surface area (Å²) >= 11 is 0. The summed E-state index contributed by atoms with van der Waals surface area (Å²) in [5.41, 5.74) is 2.65. The van der Waals surface area contributed by atoms with Gasteiger partial charge in [-0.2, -0.15) is 5.10 Å². The van der Waals surface area contributed by atoms with Crippen LogP contribution in [0.25, 0.3) is 28.2 Å². The first-order valence-corrected chi connectivity index (χ1v) is 9.29. The van der Waals surface area contributed by atoms with Crippen molar-refractivity contribution in [2.75, 3.05) is 6.61 Å². The van der Waals surface area contributed by atoms with Gasteiger partial charge in [-0.05, 0) is 31.2 Å². The van der Waals surface area contributed by atoms with Crippen molar-refractivity contribution in [1.29, 1.82) is 0 Å². The third-order valence-corrected chi connectivity index (χ3v) is 4.49. The average molecular weight is 385 g/mol. The maximum atomic E-state index is 13.0. The van der Waals surface area contributed by atoms with Crippen LogP contribution in [0.2, 0.25) is 0 Å². The van der Waals surface area contributed by atoms with E-state index in [1.807, 2.05) is 60.7 Å². The Morgan fingerprint density at radius 3 is 2.34 bits per heavy atom. The number of H-pyrrole nitrogens is 1. The second-order valence-corrected chi connectivity index (χ2v) is 6.32. The van der Waals surface area contributed by atoms with Gasteiger partial charge in [0, 0.05) is 11.8 Å². The van der Waals surface area contributed by atoms with E-state index in [0.29, 0.717) is 17.0 Å². The fourth-order valence-corrected chi connectivity index (χ4v) is 3.23. The third kappa shape index (κ3) is 3.48. The van der Waals surface area contributed by atoms with Crippen molar-refractivity contribution in [3.63, 3.8) is 0 Å². The molecule has 0 atom stereocenters. The largest absolute Gasteiger partial charge is 0.462 e. The van der Waals surface area contributed by atoms with E-state index in [2.05, 4.69) is 4.98 Å². The zero-order valence-electron chi connectivity index (χ0n) is 15.8. The minimum absolute atomic E-state index is 0.216. The summed E-state index contributed by atoms with van der Waals surface area (Å²) in [6.45, 7) is 1.96. The molecule has 144 valence electrons. The highest BCUT2D eigenvalue weighted by atomic mass is 16.5. The Morgan fingerprint density at radius 1 is 1.00 bits per heavy atom. The minimum atomic E-state index is -0.521. The lowest BCUT2D eigenvalue weighted by Gasteiger charge is -2.09. The molecule has 6 nitrogen and oxygen atoms in total. The number of carbonyl (C=O) groups is 1. The molecule has 0 unspecified atom stereocenters. The Bertz CT molecular complexity index is 1200. The van der Waals surface area contributed by atoms with Gasteiger partial charge in [0.1, 0.15) is 11.3 Å². The third-order valence-electron chi connectivity index (χ3n) is 4.49. The molecule has 0 bridgehead atoms. The molecule has 0 radical (unpaired) electrons. The van der Waals surface area contributed by atoms with Gasteiger partial charge in [0.2, 0.25) is 0 Å². The maximum absolute atomic E-state index is 13.0. The zero-order chi connectivity index (χ0) is 20.2. The fourth-order valence-electron chi connectivity index (χ4n) is 3.23. The molecule has 0 amide bonds. The van der Waals surface area contributed by atoms with Crippen molar-refractivity contribution < 1.29 is 9.53 Å². The Balaban J connectivity index is 2.10. The smallest absolute Gasteiger partial charge is 0.342 e. The summed E-state index contributed by atoms with van der Waals surface area (Å²) < 4.78 is 6.96. The Hall–Kier alpha value is -3.93. The number of rotatable bonds is 5. The second kappa shape index (κ2) is 7.98. The summed E-state index contributed by atoms with van der Waals surface area (Å²) in [6.07, 6.45) is 1.55. The topological polar surface area (TPSA) is 77.0 Å². The van der Waals surface area contributed by atoms with Crippen LogP contribution < -0.4 is 5.56 Å². The lowest BCUT2D eigenvalue weighted by Crippen LogP contribution is -2.14. The van der Waals surface area contributed by atoms with Gasteiger partial charge in [0.25, 0.3) is 5.56 Å². The van der Waals surface area contributed by atoms with Crippen LogP contribution in [0.15, 0.2) is 83.8 Å². The van der Waals surface area contributed by atoms with E-state index in [1.165, 1.54) is 0 Å². The van der Waals surface area contributed by atoms with Gasteiger partial charge in [0.15, 0.2) is 0 Å². The van der Waals surface area contributed by atoms with Gasteiger partial charge in [0.05, 0.1) is 23.6 Å². The van der Waals surface area contributed by atoms with Gasteiger partial charge in [-0.3, -0.25) is 4.79 Å². The molecule has 6 heteroatoms. The van der Waals surface area contributed by atoms with Crippen LogP contribution in [-0.2, 0) is 4.74 Å². The minimum Gasteiger partial charge on any atom is -0.462 e. The predicted molar refractivity (Wildman–Crippen MR) is 111 cm³/mol. The molecule has 4 aromatic rings. The molecule has 0 saturated heterocycles. The first-order chi connectivity index (χ1) is 14.2. The molecule has 29 heavy (non-hydrogen) atoms. The number of aromatic amines is 1. The lowest BCUT2D eigenvalue weighted by molar-refractivity contribution is 0.0528. The number of nitrogens with one attached hydrogen (secondary N) is 1. The van der Waals surface area contributed by atoms with Gasteiger partial charge in [-0.25, -0.2) is 9.48 Å². The molecular weight excluding hydrogens is 366 g/mol. The van der Waals surface area contributed by atoms with Crippen LogP contribution in [0.1, 0.15) is 17.3 Å². The summed E-state index contributed by atoms with van der Waals surface area (Å²) in [7, 11) is 0. The number of para-hydroxylation sites is 1. The number of hydrogen-bond donors (Lipinski definition) is 1. The highest BCUT2D eigenvalue weighted by Gasteiger charge is 2.28. The van der Waals surface area contributed by atoms with E-state index in [4.69, 9.17) is 9.84 Å². The average Bonchev–Trinajstić information content (AvgIpc) is 3.16. The quantitative estimate of drug-likeness (QED) is 0.525. The lowest BCUT2D eigenvalue weighted by atomic mass is 10.0. The van der Waals surface area contributed by atoms with Crippen molar-refractivity contribution in [3.05, 3.63) is 94.9 Å². The number of pyridine rings is 1. The van der Waals surface area contributed by atoms with E-state index in [0.717, 1.165) is 11.3 Å². The normalized spacial score (nSPS) is 10.7. The second-order valence-electron chi connectivity index (χ2n) is 6.32. The SMILES string of the molecule is CCOC(=O)c1c(-c2ccccc2)nn(-c2ccccc2)c1-c1ccc[nH]c1=O. The standard InChI is InChI=1S/C23H19N3O3/c1-2-29-23(28)19-20(16-10-5-3-6-11-16)25-26(17-12-7-4-8-13-17)21(19)18-14-9-15-24-22(18)27/h3-15H,2H2,1H3,(H,24,27). The summed E-state index contributed by atoms with van der Waals surface area (Å²) in [5.74, 6) is -0.521. The van der Waals surface area contributed by atoms with E-state index in [-0.39, 0.29) is 17.7 Å².